The fourth-order valence-electron chi connectivity index (χ4n) is 2.11. The highest BCUT2D eigenvalue weighted by atomic mass is 16.4. The minimum Gasteiger partial charge on any atom is -0.550 e. The quantitative estimate of drug-likeness (QED) is 0.757. The van der Waals surface area contributed by atoms with E-state index in [-0.39, 0.29) is 0 Å². The van der Waals surface area contributed by atoms with Crippen molar-refractivity contribution in [2.45, 2.75) is 40.0 Å². The molecule has 0 aliphatic carbocycles. The summed E-state index contributed by atoms with van der Waals surface area (Å²) in [7, 11) is 0. The van der Waals surface area contributed by atoms with Crippen LogP contribution in [0.3, 0.4) is 0 Å². The Labute approximate surface area is 104 Å². The van der Waals surface area contributed by atoms with Gasteiger partial charge in [0, 0.05) is 11.4 Å². The standard InChI is InChI=1S/C15H22O2/c1-12(11-15(2,3)14(16)17)9-10-13-7-5-4-6-8-13/h4-8,12H,9-11H2,1-3H3,(H,16,17)/p-1. The lowest BCUT2D eigenvalue weighted by Crippen LogP contribution is -2.39. The molecule has 1 rings (SSSR count). The predicted octanol–water partition coefficient (Wildman–Crippen LogP) is 2.42. The summed E-state index contributed by atoms with van der Waals surface area (Å²) in [6.45, 7) is 5.58. The van der Waals surface area contributed by atoms with Gasteiger partial charge in [0.15, 0.2) is 0 Å². The highest BCUT2D eigenvalue weighted by Crippen LogP contribution is 2.27. The maximum atomic E-state index is 10.9. The van der Waals surface area contributed by atoms with Crippen LogP contribution in [0, 0.1) is 11.3 Å². The first kappa shape index (κ1) is 13.8. The molecule has 1 aromatic carbocycles. The number of aryl methyl sites for hydroxylation is 1. The van der Waals surface area contributed by atoms with Crippen molar-refractivity contribution >= 4 is 5.97 Å². The molecule has 0 heterocycles. The van der Waals surface area contributed by atoms with Gasteiger partial charge in [0.25, 0.3) is 0 Å². The van der Waals surface area contributed by atoms with Gasteiger partial charge in [-0.1, -0.05) is 51.1 Å². The molecule has 94 valence electrons. The zero-order valence-electron chi connectivity index (χ0n) is 10.9. The summed E-state index contributed by atoms with van der Waals surface area (Å²) >= 11 is 0. The normalized spacial score (nSPS) is 13.4. The van der Waals surface area contributed by atoms with Crippen molar-refractivity contribution in [3.05, 3.63) is 35.9 Å². The Kier molecular flexibility index (Phi) is 4.73. The largest absolute Gasteiger partial charge is 0.550 e. The van der Waals surface area contributed by atoms with E-state index in [0.717, 1.165) is 12.8 Å². The monoisotopic (exact) mass is 233 g/mol. The number of hydrogen-bond donors (Lipinski definition) is 0. The number of hydrogen-bond acceptors (Lipinski definition) is 2. The van der Waals surface area contributed by atoms with Gasteiger partial charge >= 0.3 is 0 Å². The highest BCUT2D eigenvalue weighted by molar-refractivity contribution is 5.71. The SMILES string of the molecule is CC(CCc1ccccc1)CC(C)(C)C(=O)[O-]. The summed E-state index contributed by atoms with van der Waals surface area (Å²) < 4.78 is 0. The molecule has 0 aliphatic heterocycles. The third kappa shape index (κ3) is 4.59. The van der Waals surface area contributed by atoms with E-state index in [4.69, 9.17) is 0 Å². The fourth-order valence-corrected chi connectivity index (χ4v) is 2.11. The van der Waals surface area contributed by atoms with Gasteiger partial charge in [-0.05, 0) is 30.7 Å². The van der Waals surface area contributed by atoms with Crippen molar-refractivity contribution in [1.82, 2.24) is 0 Å². The van der Waals surface area contributed by atoms with Gasteiger partial charge in [-0.25, -0.2) is 0 Å². The van der Waals surface area contributed by atoms with E-state index in [0.29, 0.717) is 12.3 Å². The van der Waals surface area contributed by atoms with Crippen molar-refractivity contribution in [1.29, 1.82) is 0 Å². The first-order valence-electron chi connectivity index (χ1n) is 6.17. The fraction of sp³-hybridized carbons (Fsp3) is 0.533. The van der Waals surface area contributed by atoms with E-state index in [1.807, 2.05) is 18.2 Å². The van der Waals surface area contributed by atoms with Crippen molar-refractivity contribution in [2.24, 2.45) is 11.3 Å². The highest BCUT2D eigenvalue weighted by Gasteiger charge is 2.22. The predicted molar refractivity (Wildman–Crippen MR) is 67.3 cm³/mol. The molecule has 0 amide bonds. The molecule has 0 radical (unpaired) electrons. The Hall–Kier alpha value is -1.31. The molecule has 2 nitrogen and oxygen atoms in total. The molecule has 0 saturated heterocycles. The third-order valence-corrected chi connectivity index (χ3v) is 3.18. The van der Waals surface area contributed by atoms with Crippen LogP contribution in [-0.4, -0.2) is 5.97 Å². The Balaban J connectivity index is 2.41. The molecule has 1 unspecified atom stereocenters. The van der Waals surface area contributed by atoms with Gasteiger partial charge in [0.05, 0.1) is 0 Å². The van der Waals surface area contributed by atoms with E-state index in [1.54, 1.807) is 13.8 Å². The van der Waals surface area contributed by atoms with Gasteiger partial charge in [-0.2, -0.15) is 0 Å². The molecule has 0 aromatic heterocycles. The molecular weight excluding hydrogens is 212 g/mol. The van der Waals surface area contributed by atoms with Gasteiger partial charge in [-0.3, -0.25) is 0 Å². The van der Waals surface area contributed by atoms with Crippen LogP contribution in [0.5, 0.6) is 0 Å². The lowest BCUT2D eigenvalue weighted by Gasteiger charge is -2.29. The summed E-state index contributed by atoms with van der Waals surface area (Å²) in [6, 6.07) is 10.3. The average molecular weight is 233 g/mol. The van der Waals surface area contributed by atoms with Crippen molar-refractivity contribution < 1.29 is 9.90 Å². The zero-order chi connectivity index (χ0) is 12.9. The molecule has 0 bridgehead atoms. The topological polar surface area (TPSA) is 40.1 Å². The smallest absolute Gasteiger partial charge is 0.0470 e. The number of carbonyl (C=O) groups excluding carboxylic acids is 1. The Bertz CT molecular complexity index is 354. The van der Waals surface area contributed by atoms with Crippen LogP contribution in [0.4, 0.5) is 0 Å². The maximum Gasteiger partial charge on any atom is 0.0470 e. The van der Waals surface area contributed by atoms with Crippen LogP contribution in [0.25, 0.3) is 0 Å². The summed E-state index contributed by atoms with van der Waals surface area (Å²) in [4.78, 5) is 10.9. The number of carboxylic acid groups (broad SMARTS) is 1. The van der Waals surface area contributed by atoms with Crippen LogP contribution >= 0.6 is 0 Å². The number of aliphatic carboxylic acids is 1. The average Bonchev–Trinajstić information content (AvgIpc) is 2.27. The van der Waals surface area contributed by atoms with Crippen LogP contribution in [0.2, 0.25) is 0 Å². The van der Waals surface area contributed by atoms with Crippen LogP contribution in [-0.2, 0) is 11.2 Å². The lowest BCUT2D eigenvalue weighted by molar-refractivity contribution is -0.318. The Morgan fingerprint density at radius 1 is 1.29 bits per heavy atom. The molecule has 0 spiro atoms. The van der Waals surface area contributed by atoms with Crippen LogP contribution in [0.15, 0.2) is 30.3 Å². The van der Waals surface area contributed by atoms with Gasteiger partial charge < -0.3 is 9.90 Å². The van der Waals surface area contributed by atoms with Gasteiger partial charge in [0.1, 0.15) is 0 Å². The molecule has 0 N–H and O–H groups in total. The Morgan fingerprint density at radius 3 is 2.41 bits per heavy atom. The minimum atomic E-state index is -0.955. The zero-order valence-corrected chi connectivity index (χ0v) is 10.9. The molecule has 0 saturated carbocycles. The van der Waals surface area contributed by atoms with Crippen LogP contribution < -0.4 is 5.11 Å². The summed E-state index contributed by atoms with van der Waals surface area (Å²) in [6.07, 6.45) is 2.69. The number of rotatable bonds is 6. The molecule has 0 aliphatic rings. The molecule has 2 heteroatoms. The second kappa shape index (κ2) is 5.85. The minimum absolute atomic E-state index is 0.392. The van der Waals surface area contributed by atoms with Crippen LogP contribution in [0.1, 0.15) is 39.2 Å². The second-order valence-electron chi connectivity index (χ2n) is 5.50. The third-order valence-electron chi connectivity index (χ3n) is 3.18. The van der Waals surface area contributed by atoms with Crippen molar-refractivity contribution in [2.75, 3.05) is 0 Å². The number of benzene rings is 1. The lowest BCUT2D eigenvalue weighted by atomic mass is 9.81. The van der Waals surface area contributed by atoms with E-state index < -0.39 is 11.4 Å². The molecule has 0 fully saturated rings. The van der Waals surface area contributed by atoms with Crippen molar-refractivity contribution in [3.63, 3.8) is 0 Å². The second-order valence-corrected chi connectivity index (χ2v) is 5.50. The molecular formula is C15H21O2-. The van der Waals surface area contributed by atoms with E-state index in [1.165, 1.54) is 5.56 Å². The van der Waals surface area contributed by atoms with Gasteiger partial charge in [0.2, 0.25) is 0 Å². The molecule has 1 atom stereocenters. The summed E-state index contributed by atoms with van der Waals surface area (Å²) in [5, 5.41) is 10.9. The summed E-state index contributed by atoms with van der Waals surface area (Å²) in [5.74, 6) is -0.563. The molecule has 1 aromatic rings. The van der Waals surface area contributed by atoms with Gasteiger partial charge in [-0.15, -0.1) is 0 Å². The Morgan fingerprint density at radius 2 is 1.88 bits per heavy atom. The number of carbonyl (C=O) groups is 1. The molecule has 17 heavy (non-hydrogen) atoms. The number of carboxylic acids is 1. The van der Waals surface area contributed by atoms with Crippen molar-refractivity contribution in [3.8, 4) is 0 Å². The van der Waals surface area contributed by atoms with E-state index in [9.17, 15) is 9.90 Å². The first-order chi connectivity index (χ1) is 7.92. The summed E-state index contributed by atoms with van der Waals surface area (Å²) in [5.41, 5.74) is 0.585. The first-order valence-corrected chi connectivity index (χ1v) is 6.17. The maximum absolute atomic E-state index is 10.9. The van der Waals surface area contributed by atoms with E-state index >= 15 is 0 Å². The van der Waals surface area contributed by atoms with E-state index in [2.05, 4.69) is 19.1 Å².